The van der Waals surface area contributed by atoms with Crippen molar-refractivity contribution in [2.24, 2.45) is 0 Å². The summed E-state index contributed by atoms with van der Waals surface area (Å²) in [5, 5.41) is 0.959. The van der Waals surface area contributed by atoms with Gasteiger partial charge in [-0.3, -0.25) is 0 Å². The minimum atomic E-state index is -0.312. The molecular weight excluding hydrogens is 432 g/mol. The van der Waals surface area contributed by atoms with Gasteiger partial charge >= 0.3 is 5.97 Å². The molecule has 0 amide bonds. The summed E-state index contributed by atoms with van der Waals surface area (Å²) in [6, 6.07) is 15.6. The number of ether oxygens (including phenoxy) is 1. The third kappa shape index (κ3) is 5.98. The molecule has 1 aliphatic rings. The molecule has 3 aromatic rings. The molecule has 1 unspecified atom stereocenters. The zero-order chi connectivity index (χ0) is 25.2. The number of nitrogens with zero attached hydrogens (tertiary/aromatic N) is 1. The van der Waals surface area contributed by atoms with E-state index in [4.69, 9.17) is 4.74 Å². The fourth-order valence-corrected chi connectivity index (χ4v) is 5.34. The lowest BCUT2D eigenvalue weighted by atomic mass is 9.86. The SMILES string of the molecule is Cc1[nH]c2ccc(CCN(C)C3CCCCC3)cc2c1C(=O)OC(C)c1ccc(C(C)(C)C)cc1. The monoisotopic (exact) mass is 474 g/mol. The second kappa shape index (κ2) is 10.6. The molecule has 1 heterocycles. The van der Waals surface area contributed by atoms with Crippen molar-refractivity contribution in [3.63, 3.8) is 0 Å². The molecule has 1 aromatic heterocycles. The quantitative estimate of drug-likeness (QED) is 0.361. The van der Waals surface area contributed by atoms with Crippen LogP contribution in [0.15, 0.2) is 42.5 Å². The summed E-state index contributed by atoms with van der Waals surface area (Å²) in [7, 11) is 2.26. The van der Waals surface area contributed by atoms with Crippen LogP contribution in [0.1, 0.15) is 98.6 Å². The Morgan fingerprint density at radius 1 is 1.09 bits per heavy atom. The lowest BCUT2D eigenvalue weighted by Crippen LogP contribution is -2.34. The zero-order valence-corrected chi connectivity index (χ0v) is 22.4. The maximum atomic E-state index is 13.3. The van der Waals surface area contributed by atoms with Crippen molar-refractivity contribution < 1.29 is 9.53 Å². The van der Waals surface area contributed by atoms with Crippen LogP contribution >= 0.6 is 0 Å². The van der Waals surface area contributed by atoms with Gasteiger partial charge in [-0.1, -0.05) is 70.4 Å². The normalized spacial score (nSPS) is 16.1. The smallest absolute Gasteiger partial charge is 0.341 e. The maximum Gasteiger partial charge on any atom is 0.341 e. The number of carbonyl (C=O) groups is 1. The van der Waals surface area contributed by atoms with Crippen LogP contribution in [0.3, 0.4) is 0 Å². The van der Waals surface area contributed by atoms with Gasteiger partial charge in [0.05, 0.1) is 5.56 Å². The lowest BCUT2D eigenvalue weighted by Gasteiger charge is -2.31. The Morgan fingerprint density at radius 2 is 1.77 bits per heavy atom. The van der Waals surface area contributed by atoms with Gasteiger partial charge in [0, 0.05) is 29.2 Å². The highest BCUT2D eigenvalue weighted by Crippen LogP contribution is 2.29. The second-order valence-corrected chi connectivity index (χ2v) is 11.4. The van der Waals surface area contributed by atoms with E-state index in [2.05, 4.69) is 80.2 Å². The van der Waals surface area contributed by atoms with E-state index in [0.717, 1.165) is 35.1 Å². The summed E-state index contributed by atoms with van der Waals surface area (Å²) in [6.07, 6.45) is 7.40. The minimum absolute atomic E-state index is 0.0997. The molecule has 1 atom stereocenters. The predicted molar refractivity (Wildman–Crippen MR) is 145 cm³/mol. The van der Waals surface area contributed by atoms with E-state index >= 15 is 0 Å². The molecule has 4 nitrogen and oxygen atoms in total. The Bertz CT molecular complexity index is 1150. The average Bonchev–Trinajstić information content (AvgIpc) is 3.17. The molecule has 4 heteroatoms. The van der Waals surface area contributed by atoms with Crippen LogP contribution in [-0.2, 0) is 16.6 Å². The standard InChI is InChI=1S/C31H42N2O2/c1-21-29(30(34)35-22(2)24-13-15-25(16-14-24)31(3,4)5)27-20-23(12-17-28(27)32-21)18-19-33(6)26-10-8-7-9-11-26/h12-17,20,22,26,32H,7-11,18-19H2,1-6H3. The largest absolute Gasteiger partial charge is 0.454 e. The van der Waals surface area contributed by atoms with Gasteiger partial charge in [-0.05, 0) is 74.4 Å². The predicted octanol–water partition coefficient (Wildman–Crippen LogP) is 7.50. The number of aromatic nitrogens is 1. The number of fused-ring (bicyclic) bond motifs is 1. The number of aromatic amines is 1. The summed E-state index contributed by atoms with van der Waals surface area (Å²) < 4.78 is 5.95. The Morgan fingerprint density at radius 3 is 2.43 bits per heavy atom. The number of likely N-dealkylation sites (N-methyl/N-ethyl adjacent to an activating group) is 1. The molecule has 2 aromatic carbocycles. The Hall–Kier alpha value is -2.59. The number of carbonyl (C=O) groups excluding carboxylic acids is 1. The number of rotatable bonds is 7. The lowest BCUT2D eigenvalue weighted by molar-refractivity contribution is 0.0339. The van der Waals surface area contributed by atoms with Crippen molar-refractivity contribution in [3.8, 4) is 0 Å². The second-order valence-electron chi connectivity index (χ2n) is 11.4. The van der Waals surface area contributed by atoms with Crippen LogP contribution in [0.25, 0.3) is 10.9 Å². The molecule has 1 N–H and O–H groups in total. The van der Waals surface area contributed by atoms with Crippen LogP contribution in [0, 0.1) is 6.92 Å². The first-order valence-electron chi connectivity index (χ1n) is 13.3. The van der Waals surface area contributed by atoms with Crippen molar-refractivity contribution in [1.29, 1.82) is 0 Å². The molecule has 188 valence electrons. The highest BCUT2D eigenvalue weighted by atomic mass is 16.5. The molecule has 0 radical (unpaired) electrons. The highest BCUT2D eigenvalue weighted by Gasteiger charge is 2.22. The van der Waals surface area contributed by atoms with E-state index in [1.807, 2.05) is 13.8 Å². The highest BCUT2D eigenvalue weighted by molar-refractivity contribution is 6.05. The number of esters is 1. The van der Waals surface area contributed by atoms with E-state index in [1.54, 1.807) is 0 Å². The molecule has 0 aliphatic heterocycles. The van der Waals surface area contributed by atoms with Crippen LogP contribution < -0.4 is 0 Å². The molecule has 0 bridgehead atoms. The first-order valence-corrected chi connectivity index (χ1v) is 13.3. The summed E-state index contributed by atoms with van der Waals surface area (Å²) in [6.45, 7) is 11.5. The Labute approximate surface area is 211 Å². The average molecular weight is 475 g/mol. The van der Waals surface area contributed by atoms with E-state index in [1.165, 1.54) is 43.2 Å². The molecule has 0 spiro atoms. The van der Waals surface area contributed by atoms with Gasteiger partial charge in [0.2, 0.25) is 0 Å². The number of H-pyrrole nitrogens is 1. The molecule has 1 fully saturated rings. The molecule has 1 saturated carbocycles. The fourth-order valence-electron chi connectivity index (χ4n) is 5.34. The van der Waals surface area contributed by atoms with Gasteiger partial charge < -0.3 is 14.6 Å². The van der Waals surface area contributed by atoms with Crippen LogP contribution in [0.5, 0.6) is 0 Å². The van der Waals surface area contributed by atoms with Crippen molar-refractivity contribution in [1.82, 2.24) is 9.88 Å². The summed E-state index contributed by atoms with van der Waals surface area (Å²) >= 11 is 0. The van der Waals surface area contributed by atoms with Crippen LogP contribution in [0.4, 0.5) is 0 Å². The van der Waals surface area contributed by atoms with Gasteiger partial charge in [0.1, 0.15) is 6.10 Å². The summed E-state index contributed by atoms with van der Waals surface area (Å²) in [5.41, 5.74) is 6.14. The van der Waals surface area contributed by atoms with Crippen molar-refractivity contribution in [2.75, 3.05) is 13.6 Å². The third-order valence-corrected chi connectivity index (χ3v) is 7.74. The van der Waals surface area contributed by atoms with Crippen molar-refractivity contribution in [3.05, 3.63) is 70.4 Å². The van der Waals surface area contributed by atoms with E-state index in [0.29, 0.717) is 11.6 Å². The van der Waals surface area contributed by atoms with E-state index in [9.17, 15) is 4.79 Å². The van der Waals surface area contributed by atoms with Crippen molar-refractivity contribution >= 4 is 16.9 Å². The Kier molecular flexibility index (Phi) is 7.70. The minimum Gasteiger partial charge on any atom is -0.454 e. The first kappa shape index (κ1) is 25.5. The van der Waals surface area contributed by atoms with Gasteiger partial charge in [-0.15, -0.1) is 0 Å². The summed E-state index contributed by atoms with van der Waals surface area (Å²) in [5.74, 6) is -0.266. The zero-order valence-electron chi connectivity index (χ0n) is 22.4. The maximum absolute atomic E-state index is 13.3. The Balaban J connectivity index is 1.46. The molecule has 1 aliphatic carbocycles. The topological polar surface area (TPSA) is 45.3 Å². The third-order valence-electron chi connectivity index (χ3n) is 7.74. The number of aryl methyl sites for hydroxylation is 1. The van der Waals surface area contributed by atoms with Crippen LogP contribution in [-0.4, -0.2) is 35.5 Å². The molecule has 0 saturated heterocycles. The van der Waals surface area contributed by atoms with Gasteiger partial charge in [-0.2, -0.15) is 0 Å². The molecule has 35 heavy (non-hydrogen) atoms. The number of hydrogen-bond donors (Lipinski definition) is 1. The number of hydrogen-bond acceptors (Lipinski definition) is 3. The first-order chi connectivity index (χ1) is 16.6. The van der Waals surface area contributed by atoms with E-state index < -0.39 is 0 Å². The van der Waals surface area contributed by atoms with Crippen LogP contribution in [0.2, 0.25) is 0 Å². The van der Waals surface area contributed by atoms with Gasteiger partial charge in [-0.25, -0.2) is 4.79 Å². The van der Waals surface area contributed by atoms with E-state index in [-0.39, 0.29) is 17.5 Å². The number of nitrogens with one attached hydrogen (secondary N) is 1. The fraction of sp³-hybridized carbons (Fsp3) is 0.516. The molecular formula is C31H42N2O2. The van der Waals surface area contributed by atoms with Gasteiger partial charge in [0.15, 0.2) is 0 Å². The molecule has 4 rings (SSSR count). The summed E-state index contributed by atoms with van der Waals surface area (Å²) in [4.78, 5) is 19.2. The van der Waals surface area contributed by atoms with Crippen molar-refractivity contribution in [2.45, 2.75) is 90.7 Å². The number of benzene rings is 2. The van der Waals surface area contributed by atoms with Gasteiger partial charge in [0.25, 0.3) is 0 Å².